The summed E-state index contributed by atoms with van der Waals surface area (Å²) >= 11 is 0. The van der Waals surface area contributed by atoms with Gasteiger partial charge in [0.2, 0.25) is 5.91 Å². The van der Waals surface area contributed by atoms with Crippen molar-refractivity contribution in [1.29, 1.82) is 0 Å². The molecule has 0 atom stereocenters. The van der Waals surface area contributed by atoms with Gasteiger partial charge in [-0.25, -0.2) is 0 Å². The predicted molar refractivity (Wildman–Crippen MR) is 56.9 cm³/mol. The van der Waals surface area contributed by atoms with E-state index in [9.17, 15) is 4.79 Å². The molecule has 0 aromatic carbocycles. The first-order chi connectivity index (χ1) is 6.18. The Kier molecular flexibility index (Phi) is 2.88. The highest BCUT2D eigenvalue weighted by Gasteiger charge is 2.35. The molecule has 82 valence electrons. The smallest absolute Gasteiger partial charge is 0.234 e. The highest BCUT2D eigenvalue weighted by molar-refractivity contribution is 5.78. The quantitative estimate of drug-likeness (QED) is 0.655. The van der Waals surface area contributed by atoms with Crippen molar-refractivity contribution in [3.63, 3.8) is 0 Å². The fraction of sp³-hybridized carbons (Fsp3) is 0.900. The summed E-state index contributed by atoms with van der Waals surface area (Å²) in [5.41, 5.74) is 5.60. The summed E-state index contributed by atoms with van der Waals surface area (Å²) < 4.78 is 0. The third-order valence-electron chi connectivity index (χ3n) is 2.05. The molecule has 0 aliphatic carbocycles. The van der Waals surface area contributed by atoms with E-state index in [0.717, 1.165) is 13.1 Å². The van der Waals surface area contributed by atoms with Crippen LogP contribution < -0.4 is 11.1 Å². The zero-order valence-corrected chi connectivity index (χ0v) is 9.55. The summed E-state index contributed by atoms with van der Waals surface area (Å²) in [5, 5.41) is 2.92. The second-order valence-electron chi connectivity index (χ2n) is 5.60. The molecule has 1 aliphatic heterocycles. The van der Waals surface area contributed by atoms with Crippen LogP contribution in [0.3, 0.4) is 0 Å². The van der Waals surface area contributed by atoms with Crippen LogP contribution in [0.5, 0.6) is 0 Å². The van der Waals surface area contributed by atoms with Crippen LogP contribution in [0.1, 0.15) is 27.7 Å². The van der Waals surface area contributed by atoms with Crippen LogP contribution in [-0.4, -0.2) is 41.5 Å². The maximum atomic E-state index is 11.5. The van der Waals surface area contributed by atoms with E-state index in [4.69, 9.17) is 5.73 Å². The Bertz CT molecular complexity index is 222. The van der Waals surface area contributed by atoms with Crippen LogP contribution >= 0.6 is 0 Å². The SMILES string of the molecule is CC1(N)CN(CC(=O)NC(C)(C)C)C1. The second-order valence-corrected chi connectivity index (χ2v) is 5.60. The number of nitrogens with zero attached hydrogens (tertiary/aromatic N) is 1. The third kappa shape index (κ3) is 3.64. The first-order valence-electron chi connectivity index (χ1n) is 5.00. The number of hydrogen-bond acceptors (Lipinski definition) is 3. The molecule has 1 saturated heterocycles. The predicted octanol–water partition coefficient (Wildman–Crippen LogP) is -0.0659. The fourth-order valence-electron chi connectivity index (χ4n) is 1.75. The highest BCUT2D eigenvalue weighted by atomic mass is 16.2. The third-order valence-corrected chi connectivity index (χ3v) is 2.05. The largest absolute Gasteiger partial charge is 0.350 e. The maximum absolute atomic E-state index is 11.5. The molecular formula is C10H21N3O. The van der Waals surface area contributed by atoms with Crippen molar-refractivity contribution in [2.45, 2.75) is 38.8 Å². The van der Waals surface area contributed by atoms with Crippen molar-refractivity contribution in [3.05, 3.63) is 0 Å². The van der Waals surface area contributed by atoms with E-state index in [1.165, 1.54) is 0 Å². The molecule has 0 spiro atoms. The van der Waals surface area contributed by atoms with Gasteiger partial charge in [-0.1, -0.05) is 0 Å². The van der Waals surface area contributed by atoms with Gasteiger partial charge in [0.25, 0.3) is 0 Å². The Morgan fingerprint density at radius 3 is 2.36 bits per heavy atom. The number of nitrogens with one attached hydrogen (secondary N) is 1. The minimum atomic E-state index is -0.145. The molecule has 4 heteroatoms. The zero-order valence-electron chi connectivity index (χ0n) is 9.55. The van der Waals surface area contributed by atoms with Crippen molar-refractivity contribution in [2.75, 3.05) is 19.6 Å². The molecule has 0 aromatic heterocycles. The van der Waals surface area contributed by atoms with E-state index in [2.05, 4.69) is 10.2 Å². The van der Waals surface area contributed by atoms with E-state index in [1.54, 1.807) is 0 Å². The zero-order chi connectivity index (χ0) is 11.0. The van der Waals surface area contributed by atoms with Crippen LogP contribution in [0.2, 0.25) is 0 Å². The number of hydrogen-bond donors (Lipinski definition) is 2. The summed E-state index contributed by atoms with van der Waals surface area (Å²) in [6, 6.07) is 0. The van der Waals surface area contributed by atoms with Gasteiger partial charge in [0.1, 0.15) is 0 Å². The molecule has 0 aromatic rings. The van der Waals surface area contributed by atoms with E-state index in [0.29, 0.717) is 6.54 Å². The topological polar surface area (TPSA) is 58.4 Å². The molecule has 14 heavy (non-hydrogen) atoms. The van der Waals surface area contributed by atoms with Gasteiger partial charge in [-0.3, -0.25) is 9.69 Å². The first kappa shape index (κ1) is 11.5. The van der Waals surface area contributed by atoms with Gasteiger partial charge >= 0.3 is 0 Å². The summed E-state index contributed by atoms with van der Waals surface area (Å²) in [5.74, 6) is 0.0769. The van der Waals surface area contributed by atoms with Gasteiger partial charge in [-0.2, -0.15) is 0 Å². The normalized spacial score (nSPS) is 21.5. The Hall–Kier alpha value is -0.610. The van der Waals surface area contributed by atoms with Crippen LogP contribution in [0.15, 0.2) is 0 Å². The minimum Gasteiger partial charge on any atom is -0.350 e. The molecule has 0 bridgehead atoms. The van der Waals surface area contributed by atoms with Crippen LogP contribution in [-0.2, 0) is 4.79 Å². The van der Waals surface area contributed by atoms with Crippen molar-refractivity contribution in [2.24, 2.45) is 5.73 Å². The lowest BCUT2D eigenvalue weighted by Crippen LogP contribution is -2.66. The summed E-state index contributed by atoms with van der Waals surface area (Å²) in [6.07, 6.45) is 0. The molecule has 0 unspecified atom stereocenters. The van der Waals surface area contributed by atoms with Crippen LogP contribution in [0.4, 0.5) is 0 Å². The summed E-state index contributed by atoms with van der Waals surface area (Å²) in [7, 11) is 0. The Morgan fingerprint density at radius 1 is 1.50 bits per heavy atom. The number of likely N-dealkylation sites (tertiary alicyclic amines) is 1. The van der Waals surface area contributed by atoms with E-state index < -0.39 is 0 Å². The molecular weight excluding hydrogens is 178 g/mol. The number of carbonyl (C=O) groups excluding carboxylic acids is 1. The minimum absolute atomic E-state index is 0.0769. The Morgan fingerprint density at radius 2 is 2.00 bits per heavy atom. The second kappa shape index (κ2) is 3.51. The highest BCUT2D eigenvalue weighted by Crippen LogP contribution is 2.16. The first-order valence-corrected chi connectivity index (χ1v) is 5.00. The number of rotatable bonds is 2. The Balaban J connectivity index is 2.24. The van der Waals surface area contributed by atoms with Gasteiger partial charge in [0.05, 0.1) is 6.54 Å². The molecule has 1 rings (SSSR count). The lowest BCUT2D eigenvalue weighted by atomic mass is 9.94. The lowest BCUT2D eigenvalue weighted by molar-refractivity contribution is -0.125. The fourth-order valence-corrected chi connectivity index (χ4v) is 1.75. The summed E-state index contributed by atoms with van der Waals surface area (Å²) in [4.78, 5) is 13.5. The number of carbonyl (C=O) groups is 1. The number of amides is 1. The molecule has 0 radical (unpaired) electrons. The molecule has 1 fully saturated rings. The molecule has 1 amide bonds. The maximum Gasteiger partial charge on any atom is 0.234 e. The lowest BCUT2D eigenvalue weighted by Gasteiger charge is -2.45. The van der Waals surface area contributed by atoms with Gasteiger partial charge in [0.15, 0.2) is 0 Å². The van der Waals surface area contributed by atoms with Gasteiger partial charge in [-0.15, -0.1) is 0 Å². The molecule has 4 nitrogen and oxygen atoms in total. The standard InChI is InChI=1S/C10H21N3O/c1-9(2,3)12-8(14)5-13-6-10(4,11)7-13/h5-7,11H2,1-4H3,(H,12,14). The monoisotopic (exact) mass is 199 g/mol. The van der Waals surface area contributed by atoms with Crippen molar-refractivity contribution >= 4 is 5.91 Å². The Labute approximate surface area is 85.8 Å². The van der Waals surface area contributed by atoms with Crippen LogP contribution in [0, 0.1) is 0 Å². The van der Waals surface area contributed by atoms with Crippen molar-refractivity contribution in [3.8, 4) is 0 Å². The number of nitrogens with two attached hydrogens (primary N) is 1. The molecule has 3 N–H and O–H groups in total. The van der Waals surface area contributed by atoms with Crippen molar-refractivity contribution < 1.29 is 4.79 Å². The van der Waals surface area contributed by atoms with Crippen LogP contribution in [0.25, 0.3) is 0 Å². The average molecular weight is 199 g/mol. The van der Waals surface area contributed by atoms with Crippen molar-refractivity contribution in [1.82, 2.24) is 10.2 Å². The van der Waals surface area contributed by atoms with Gasteiger partial charge < -0.3 is 11.1 Å². The average Bonchev–Trinajstić information content (AvgIpc) is 1.76. The van der Waals surface area contributed by atoms with Gasteiger partial charge in [-0.05, 0) is 27.7 Å². The molecule has 1 aliphatic rings. The van der Waals surface area contributed by atoms with E-state index >= 15 is 0 Å². The summed E-state index contributed by atoms with van der Waals surface area (Å²) in [6.45, 7) is 10.0. The van der Waals surface area contributed by atoms with Gasteiger partial charge in [0, 0.05) is 24.2 Å². The van der Waals surface area contributed by atoms with E-state index in [-0.39, 0.29) is 17.0 Å². The van der Waals surface area contributed by atoms with E-state index in [1.807, 2.05) is 27.7 Å². The molecule has 0 saturated carbocycles. The molecule has 1 heterocycles.